The van der Waals surface area contributed by atoms with E-state index in [1.807, 2.05) is 0 Å². The Balaban J connectivity index is 2.25. The molecule has 1 aromatic carbocycles. The number of ether oxygens (including phenoxy) is 1. The summed E-state index contributed by atoms with van der Waals surface area (Å²) < 4.78 is 6.27. The zero-order valence-corrected chi connectivity index (χ0v) is 11.6. The van der Waals surface area contributed by atoms with Gasteiger partial charge < -0.3 is 4.74 Å². The Kier molecular flexibility index (Phi) is 4.27. The first-order valence-corrected chi connectivity index (χ1v) is 6.35. The van der Waals surface area contributed by atoms with Gasteiger partial charge in [-0.15, -0.1) is 0 Å². The maximum absolute atomic E-state index is 11.6. The van der Waals surface area contributed by atoms with E-state index in [9.17, 15) is 14.9 Å². The average Bonchev–Trinajstić information content (AvgIpc) is 2.96. The summed E-state index contributed by atoms with van der Waals surface area (Å²) in [6, 6.07) is 5.39. The third-order valence-corrected chi connectivity index (χ3v) is 2.85. The molecule has 0 fully saturated rings. The van der Waals surface area contributed by atoms with Gasteiger partial charge in [-0.25, -0.2) is 14.5 Å². The van der Waals surface area contributed by atoms with Gasteiger partial charge in [0, 0.05) is 17.7 Å². The van der Waals surface area contributed by atoms with Gasteiger partial charge in [0.1, 0.15) is 12.4 Å². The van der Waals surface area contributed by atoms with Gasteiger partial charge >= 0.3 is 5.97 Å². The molecule has 0 spiro atoms. The predicted octanol–water partition coefficient (Wildman–Crippen LogP) is 1.98. The van der Waals surface area contributed by atoms with Crippen molar-refractivity contribution in [2.75, 3.05) is 6.61 Å². The van der Waals surface area contributed by atoms with E-state index >= 15 is 0 Å². The highest BCUT2D eigenvalue weighted by Gasteiger charge is 2.18. The van der Waals surface area contributed by atoms with Crippen LogP contribution in [0.15, 0.2) is 30.6 Å². The second-order valence-electron chi connectivity index (χ2n) is 4.28. The van der Waals surface area contributed by atoms with Gasteiger partial charge in [0.25, 0.3) is 5.69 Å². The molecule has 0 aliphatic carbocycles. The summed E-state index contributed by atoms with van der Waals surface area (Å²) in [5.41, 5.74) is 0.473. The van der Waals surface area contributed by atoms with Crippen molar-refractivity contribution in [1.29, 1.82) is 0 Å². The van der Waals surface area contributed by atoms with Crippen LogP contribution in [0.3, 0.4) is 0 Å². The molecule has 0 saturated heterocycles. The summed E-state index contributed by atoms with van der Waals surface area (Å²) in [6.45, 7) is 3.65. The largest absolute Gasteiger partial charge is 0.464 e. The molecule has 1 atom stereocenters. The van der Waals surface area contributed by atoms with E-state index in [1.54, 1.807) is 26.0 Å². The standard InChI is InChI=1S/C13H14N4O4/c1-3-21-13(18)9(2)16-8-14-12(15-16)10-5-4-6-11(7-10)17(19)20/h4-9H,3H2,1-2H3. The Morgan fingerprint density at radius 3 is 2.95 bits per heavy atom. The van der Waals surface area contributed by atoms with Gasteiger partial charge in [0.05, 0.1) is 11.5 Å². The van der Waals surface area contributed by atoms with Crippen LogP contribution in [0.25, 0.3) is 11.4 Å². The number of nitrogens with zero attached hydrogens (tertiary/aromatic N) is 4. The molecule has 0 aliphatic rings. The molecule has 21 heavy (non-hydrogen) atoms. The highest BCUT2D eigenvalue weighted by molar-refractivity contribution is 5.73. The molecule has 0 aliphatic heterocycles. The monoisotopic (exact) mass is 290 g/mol. The van der Waals surface area contributed by atoms with Crippen LogP contribution in [0.4, 0.5) is 5.69 Å². The van der Waals surface area contributed by atoms with Crippen LogP contribution in [0.1, 0.15) is 19.9 Å². The van der Waals surface area contributed by atoms with Crippen molar-refractivity contribution in [2.24, 2.45) is 0 Å². The van der Waals surface area contributed by atoms with E-state index in [-0.39, 0.29) is 12.3 Å². The maximum atomic E-state index is 11.6. The minimum absolute atomic E-state index is 0.0395. The quantitative estimate of drug-likeness (QED) is 0.474. The molecule has 0 saturated carbocycles. The number of carbonyl (C=O) groups excluding carboxylic acids is 1. The number of hydrogen-bond donors (Lipinski definition) is 0. The van der Waals surface area contributed by atoms with Gasteiger partial charge in [0.15, 0.2) is 5.82 Å². The Morgan fingerprint density at radius 2 is 2.29 bits per heavy atom. The highest BCUT2D eigenvalue weighted by Crippen LogP contribution is 2.21. The number of carbonyl (C=O) groups is 1. The lowest BCUT2D eigenvalue weighted by Gasteiger charge is -2.09. The van der Waals surface area contributed by atoms with E-state index in [2.05, 4.69) is 10.1 Å². The summed E-state index contributed by atoms with van der Waals surface area (Å²) >= 11 is 0. The molecule has 2 rings (SSSR count). The maximum Gasteiger partial charge on any atom is 0.330 e. The van der Waals surface area contributed by atoms with Crippen LogP contribution < -0.4 is 0 Å². The molecular formula is C13H14N4O4. The van der Waals surface area contributed by atoms with Crippen molar-refractivity contribution in [2.45, 2.75) is 19.9 Å². The van der Waals surface area contributed by atoms with Crippen molar-refractivity contribution in [1.82, 2.24) is 14.8 Å². The molecule has 1 aromatic heterocycles. The van der Waals surface area contributed by atoms with E-state index in [4.69, 9.17) is 4.74 Å². The number of non-ortho nitro benzene ring substituents is 1. The van der Waals surface area contributed by atoms with Crippen molar-refractivity contribution in [3.63, 3.8) is 0 Å². The van der Waals surface area contributed by atoms with Crippen molar-refractivity contribution in [3.8, 4) is 11.4 Å². The molecule has 8 nitrogen and oxygen atoms in total. The second kappa shape index (κ2) is 6.12. The molecular weight excluding hydrogens is 276 g/mol. The van der Waals surface area contributed by atoms with E-state index < -0.39 is 16.9 Å². The topological polar surface area (TPSA) is 100 Å². The van der Waals surface area contributed by atoms with E-state index in [0.717, 1.165) is 0 Å². The average molecular weight is 290 g/mol. The molecule has 0 radical (unpaired) electrons. The van der Waals surface area contributed by atoms with Crippen LogP contribution in [-0.2, 0) is 9.53 Å². The van der Waals surface area contributed by atoms with Crippen molar-refractivity contribution in [3.05, 3.63) is 40.7 Å². The summed E-state index contributed by atoms with van der Waals surface area (Å²) in [6.07, 6.45) is 1.40. The van der Waals surface area contributed by atoms with Crippen LogP contribution in [-0.4, -0.2) is 32.3 Å². The number of hydrogen-bond acceptors (Lipinski definition) is 6. The molecule has 110 valence electrons. The lowest BCUT2D eigenvalue weighted by molar-refractivity contribution is -0.384. The normalized spacial score (nSPS) is 11.9. The molecule has 0 N–H and O–H groups in total. The molecule has 1 unspecified atom stereocenters. The first-order valence-electron chi connectivity index (χ1n) is 6.35. The predicted molar refractivity (Wildman–Crippen MR) is 73.5 cm³/mol. The van der Waals surface area contributed by atoms with Crippen LogP contribution in [0, 0.1) is 10.1 Å². The number of nitro groups is 1. The number of benzene rings is 1. The summed E-state index contributed by atoms with van der Waals surface area (Å²) in [4.78, 5) is 26.0. The molecule has 2 aromatic rings. The van der Waals surface area contributed by atoms with Gasteiger partial charge in [0.2, 0.25) is 0 Å². The number of aromatic nitrogens is 3. The fourth-order valence-corrected chi connectivity index (χ4v) is 1.72. The zero-order chi connectivity index (χ0) is 15.4. The van der Waals surface area contributed by atoms with Gasteiger partial charge in [-0.05, 0) is 13.8 Å². The fourth-order valence-electron chi connectivity index (χ4n) is 1.72. The van der Waals surface area contributed by atoms with Gasteiger partial charge in [-0.2, -0.15) is 5.10 Å². The third kappa shape index (κ3) is 3.22. The minimum Gasteiger partial charge on any atom is -0.464 e. The first kappa shape index (κ1) is 14.6. The number of esters is 1. The summed E-state index contributed by atoms with van der Waals surface area (Å²) in [5, 5.41) is 14.9. The van der Waals surface area contributed by atoms with Crippen LogP contribution in [0.5, 0.6) is 0 Å². The number of nitro benzene ring substituents is 1. The lowest BCUT2D eigenvalue weighted by atomic mass is 10.2. The Hall–Kier alpha value is -2.77. The van der Waals surface area contributed by atoms with Crippen molar-refractivity contribution < 1.29 is 14.5 Å². The lowest BCUT2D eigenvalue weighted by Crippen LogP contribution is -2.19. The Bertz CT molecular complexity index is 668. The van der Waals surface area contributed by atoms with Gasteiger partial charge in [-0.3, -0.25) is 10.1 Å². The Morgan fingerprint density at radius 1 is 1.52 bits per heavy atom. The Labute approximate surface area is 120 Å². The smallest absolute Gasteiger partial charge is 0.330 e. The second-order valence-corrected chi connectivity index (χ2v) is 4.28. The molecule has 0 bridgehead atoms. The molecule has 0 amide bonds. The summed E-state index contributed by atoms with van der Waals surface area (Å²) in [7, 11) is 0. The minimum atomic E-state index is -0.607. The van der Waals surface area contributed by atoms with E-state index in [0.29, 0.717) is 11.4 Å². The molecule has 8 heteroatoms. The third-order valence-electron chi connectivity index (χ3n) is 2.85. The zero-order valence-electron chi connectivity index (χ0n) is 11.6. The van der Waals surface area contributed by atoms with Crippen LogP contribution >= 0.6 is 0 Å². The fraction of sp³-hybridized carbons (Fsp3) is 0.308. The first-order chi connectivity index (χ1) is 10.0. The van der Waals surface area contributed by atoms with E-state index in [1.165, 1.54) is 23.1 Å². The van der Waals surface area contributed by atoms with Crippen LogP contribution in [0.2, 0.25) is 0 Å². The summed E-state index contributed by atoms with van der Waals surface area (Å²) in [5.74, 6) is -0.0946. The number of rotatable bonds is 5. The SMILES string of the molecule is CCOC(=O)C(C)n1cnc(-c2cccc([N+](=O)[O-])c2)n1. The molecule has 1 heterocycles. The highest BCUT2D eigenvalue weighted by atomic mass is 16.6. The van der Waals surface area contributed by atoms with Gasteiger partial charge in [-0.1, -0.05) is 12.1 Å². The van der Waals surface area contributed by atoms with Crippen molar-refractivity contribution >= 4 is 11.7 Å².